The number of hydrogen-bond donors (Lipinski definition) is 1. The molecule has 0 unspecified atom stereocenters. The summed E-state index contributed by atoms with van der Waals surface area (Å²) in [5, 5.41) is 2.93. The molecule has 1 saturated heterocycles. The van der Waals surface area contributed by atoms with E-state index in [1.807, 2.05) is 30.3 Å². The van der Waals surface area contributed by atoms with E-state index >= 15 is 0 Å². The summed E-state index contributed by atoms with van der Waals surface area (Å²) in [5.74, 6) is -0.127. The molecule has 0 saturated carbocycles. The number of amides is 1. The lowest BCUT2D eigenvalue weighted by atomic mass is 10.0. The second-order valence-corrected chi connectivity index (χ2v) is 5.83. The molecule has 1 amide bonds. The molecule has 4 heteroatoms. The third kappa shape index (κ3) is 4.17. The van der Waals surface area contributed by atoms with E-state index in [-0.39, 0.29) is 17.8 Å². The highest BCUT2D eigenvalue weighted by Gasteiger charge is 2.19. The van der Waals surface area contributed by atoms with E-state index in [1.165, 1.54) is 6.07 Å². The van der Waals surface area contributed by atoms with Gasteiger partial charge in [-0.15, -0.1) is 0 Å². The van der Waals surface area contributed by atoms with Gasteiger partial charge in [0, 0.05) is 12.0 Å². The summed E-state index contributed by atoms with van der Waals surface area (Å²) in [4.78, 5) is 11.7. The first-order valence-electron chi connectivity index (χ1n) is 7.93. The number of carbonyl (C=O) groups is 1. The molecule has 1 aliphatic rings. The molecule has 0 aliphatic carbocycles. The Morgan fingerprint density at radius 2 is 1.87 bits per heavy atom. The zero-order valence-electron chi connectivity index (χ0n) is 12.9. The standard InChI is InChI=1S/C19H20FNO2/c20-18-6-2-1-5-17(18)15-10-8-14(9-11-15)4-3-7-19(22)21-16-12-23-13-16/h1-2,5-6,8-11,16H,3-4,7,12-13H2,(H,21,22). The minimum absolute atomic E-state index is 0.0845. The Morgan fingerprint density at radius 1 is 1.13 bits per heavy atom. The molecule has 1 N–H and O–H groups in total. The van der Waals surface area contributed by atoms with Crippen LogP contribution in [-0.2, 0) is 16.0 Å². The fourth-order valence-corrected chi connectivity index (χ4v) is 2.62. The molecule has 23 heavy (non-hydrogen) atoms. The summed E-state index contributed by atoms with van der Waals surface area (Å²) in [6.45, 7) is 1.26. The zero-order chi connectivity index (χ0) is 16.1. The number of aryl methyl sites for hydroxylation is 1. The zero-order valence-corrected chi connectivity index (χ0v) is 12.9. The van der Waals surface area contributed by atoms with E-state index in [0.717, 1.165) is 24.0 Å². The fraction of sp³-hybridized carbons (Fsp3) is 0.316. The number of halogens is 1. The van der Waals surface area contributed by atoms with Crippen LogP contribution in [0.25, 0.3) is 11.1 Å². The second kappa shape index (κ2) is 7.38. The first kappa shape index (κ1) is 15.7. The lowest BCUT2D eigenvalue weighted by molar-refractivity contribution is -0.125. The van der Waals surface area contributed by atoms with Crippen LogP contribution < -0.4 is 5.32 Å². The average molecular weight is 313 g/mol. The predicted molar refractivity (Wildman–Crippen MR) is 87.5 cm³/mol. The third-order valence-electron chi connectivity index (χ3n) is 4.01. The molecule has 0 radical (unpaired) electrons. The Kier molecular flexibility index (Phi) is 5.03. The smallest absolute Gasteiger partial charge is 0.220 e. The largest absolute Gasteiger partial charge is 0.377 e. The fourth-order valence-electron chi connectivity index (χ4n) is 2.62. The molecular formula is C19H20FNO2. The summed E-state index contributed by atoms with van der Waals surface area (Å²) < 4.78 is 18.8. The van der Waals surface area contributed by atoms with Crippen molar-refractivity contribution < 1.29 is 13.9 Å². The van der Waals surface area contributed by atoms with E-state index in [4.69, 9.17) is 4.74 Å². The number of benzene rings is 2. The van der Waals surface area contributed by atoms with Gasteiger partial charge >= 0.3 is 0 Å². The molecular weight excluding hydrogens is 293 g/mol. The van der Waals surface area contributed by atoms with Crippen molar-refractivity contribution in [1.29, 1.82) is 0 Å². The minimum Gasteiger partial charge on any atom is -0.377 e. The molecule has 1 heterocycles. The van der Waals surface area contributed by atoms with Gasteiger partial charge in [0.15, 0.2) is 0 Å². The van der Waals surface area contributed by atoms with E-state index in [1.54, 1.807) is 12.1 Å². The third-order valence-corrected chi connectivity index (χ3v) is 4.01. The number of ether oxygens (including phenoxy) is 1. The lowest BCUT2D eigenvalue weighted by Crippen LogP contribution is -2.48. The van der Waals surface area contributed by atoms with Crippen molar-refractivity contribution >= 4 is 5.91 Å². The Labute approximate surface area is 135 Å². The van der Waals surface area contributed by atoms with E-state index in [0.29, 0.717) is 25.2 Å². The Balaban J connectivity index is 1.49. The predicted octanol–water partition coefficient (Wildman–Crippen LogP) is 3.33. The highest BCUT2D eigenvalue weighted by molar-refractivity contribution is 5.76. The molecule has 1 aliphatic heterocycles. The maximum atomic E-state index is 13.8. The molecule has 120 valence electrons. The van der Waals surface area contributed by atoms with Crippen LogP contribution in [0, 0.1) is 5.82 Å². The number of carbonyl (C=O) groups excluding carboxylic acids is 1. The molecule has 0 atom stereocenters. The highest BCUT2D eigenvalue weighted by Crippen LogP contribution is 2.23. The van der Waals surface area contributed by atoms with Gasteiger partial charge < -0.3 is 10.1 Å². The van der Waals surface area contributed by atoms with Gasteiger partial charge in [0.05, 0.1) is 19.3 Å². The van der Waals surface area contributed by atoms with Crippen LogP contribution in [0.4, 0.5) is 4.39 Å². The Hall–Kier alpha value is -2.20. The van der Waals surface area contributed by atoms with Crippen molar-refractivity contribution in [2.75, 3.05) is 13.2 Å². The monoisotopic (exact) mass is 313 g/mol. The number of hydrogen-bond acceptors (Lipinski definition) is 2. The van der Waals surface area contributed by atoms with Crippen LogP contribution in [0.1, 0.15) is 18.4 Å². The van der Waals surface area contributed by atoms with Gasteiger partial charge in [-0.05, 0) is 30.0 Å². The second-order valence-electron chi connectivity index (χ2n) is 5.83. The molecule has 3 nitrogen and oxygen atoms in total. The van der Waals surface area contributed by atoms with Crippen molar-refractivity contribution in [2.24, 2.45) is 0 Å². The quantitative estimate of drug-likeness (QED) is 0.888. The van der Waals surface area contributed by atoms with Crippen LogP contribution in [0.5, 0.6) is 0 Å². The first-order valence-corrected chi connectivity index (χ1v) is 7.93. The van der Waals surface area contributed by atoms with Crippen molar-refractivity contribution in [3.05, 3.63) is 59.9 Å². The molecule has 0 spiro atoms. The van der Waals surface area contributed by atoms with Crippen molar-refractivity contribution in [3.63, 3.8) is 0 Å². The van der Waals surface area contributed by atoms with Gasteiger partial charge in [0.25, 0.3) is 0 Å². The summed E-state index contributed by atoms with van der Waals surface area (Å²) in [6, 6.07) is 14.8. The minimum atomic E-state index is -0.211. The van der Waals surface area contributed by atoms with E-state index < -0.39 is 0 Å². The number of nitrogens with one attached hydrogen (secondary N) is 1. The van der Waals surface area contributed by atoms with Crippen molar-refractivity contribution in [1.82, 2.24) is 5.32 Å². The molecule has 1 fully saturated rings. The summed E-state index contributed by atoms with van der Waals surface area (Å²) in [5.41, 5.74) is 2.64. The van der Waals surface area contributed by atoms with Crippen LogP contribution in [0.15, 0.2) is 48.5 Å². The normalized spacial score (nSPS) is 14.3. The Morgan fingerprint density at radius 3 is 2.52 bits per heavy atom. The maximum Gasteiger partial charge on any atom is 0.220 e. The molecule has 0 aromatic heterocycles. The molecule has 0 bridgehead atoms. The van der Waals surface area contributed by atoms with Gasteiger partial charge in [-0.2, -0.15) is 0 Å². The lowest BCUT2D eigenvalue weighted by Gasteiger charge is -2.26. The van der Waals surface area contributed by atoms with Gasteiger partial charge in [-0.3, -0.25) is 4.79 Å². The average Bonchev–Trinajstić information content (AvgIpc) is 2.52. The van der Waals surface area contributed by atoms with Gasteiger partial charge in [0.2, 0.25) is 5.91 Å². The first-order chi connectivity index (χ1) is 11.2. The van der Waals surface area contributed by atoms with Crippen LogP contribution in [-0.4, -0.2) is 25.2 Å². The molecule has 3 rings (SSSR count). The van der Waals surface area contributed by atoms with Gasteiger partial charge in [0.1, 0.15) is 5.82 Å². The van der Waals surface area contributed by atoms with Crippen LogP contribution in [0.2, 0.25) is 0 Å². The highest BCUT2D eigenvalue weighted by atomic mass is 19.1. The molecule has 2 aromatic rings. The van der Waals surface area contributed by atoms with Gasteiger partial charge in [-0.25, -0.2) is 4.39 Å². The number of rotatable bonds is 6. The van der Waals surface area contributed by atoms with Crippen LogP contribution >= 0.6 is 0 Å². The Bertz CT molecular complexity index is 665. The van der Waals surface area contributed by atoms with Crippen molar-refractivity contribution in [2.45, 2.75) is 25.3 Å². The molecule has 2 aromatic carbocycles. The van der Waals surface area contributed by atoms with E-state index in [9.17, 15) is 9.18 Å². The SMILES string of the molecule is O=C(CCCc1ccc(-c2ccccc2F)cc1)NC1COC1. The summed E-state index contributed by atoms with van der Waals surface area (Å²) in [7, 11) is 0. The summed E-state index contributed by atoms with van der Waals surface area (Å²) in [6.07, 6.45) is 2.16. The maximum absolute atomic E-state index is 13.8. The summed E-state index contributed by atoms with van der Waals surface area (Å²) >= 11 is 0. The van der Waals surface area contributed by atoms with Crippen molar-refractivity contribution in [3.8, 4) is 11.1 Å². The van der Waals surface area contributed by atoms with Gasteiger partial charge in [-0.1, -0.05) is 42.5 Å². The van der Waals surface area contributed by atoms with Crippen LogP contribution in [0.3, 0.4) is 0 Å². The van der Waals surface area contributed by atoms with E-state index in [2.05, 4.69) is 5.32 Å². The topological polar surface area (TPSA) is 38.3 Å².